The van der Waals surface area contributed by atoms with Crippen LogP contribution in [0.15, 0.2) is 24.3 Å². The number of piperidine rings is 1. The van der Waals surface area contributed by atoms with Gasteiger partial charge in [-0.2, -0.15) is 0 Å². The van der Waals surface area contributed by atoms with Crippen LogP contribution in [0.3, 0.4) is 0 Å². The maximum absolute atomic E-state index is 9.03. The molecule has 0 bridgehead atoms. The third kappa shape index (κ3) is 4.47. The average molecular weight is 278 g/mol. The fraction of sp³-hybridized carbons (Fsp3) is 0.625. The fourth-order valence-corrected chi connectivity index (χ4v) is 2.87. The molecular formula is C16H26N2O2. The molecule has 0 amide bonds. The molecule has 1 fully saturated rings. The molecule has 4 nitrogen and oxygen atoms in total. The maximum Gasteiger partial charge on any atom is 0.123 e. The van der Waals surface area contributed by atoms with E-state index in [1.807, 2.05) is 24.3 Å². The quantitative estimate of drug-likeness (QED) is 0.796. The van der Waals surface area contributed by atoms with Gasteiger partial charge in [-0.3, -0.25) is 4.90 Å². The van der Waals surface area contributed by atoms with Gasteiger partial charge in [0.15, 0.2) is 0 Å². The molecule has 1 heterocycles. The molecule has 1 atom stereocenters. The second-order valence-corrected chi connectivity index (χ2v) is 5.48. The van der Waals surface area contributed by atoms with Gasteiger partial charge in [-0.1, -0.05) is 18.2 Å². The highest BCUT2D eigenvalue weighted by atomic mass is 16.5. The van der Waals surface area contributed by atoms with Gasteiger partial charge in [0, 0.05) is 31.8 Å². The fourth-order valence-electron chi connectivity index (χ4n) is 2.87. The van der Waals surface area contributed by atoms with Gasteiger partial charge in [-0.25, -0.2) is 0 Å². The lowest BCUT2D eigenvalue weighted by Gasteiger charge is -2.32. The van der Waals surface area contributed by atoms with Gasteiger partial charge < -0.3 is 15.6 Å². The molecular weight excluding hydrogens is 252 g/mol. The Morgan fingerprint density at radius 3 is 3.00 bits per heavy atom. The topological polar surface area (TPSA) is 58.7 Å². The maximum atomic E-state index is 9.03. The zero-order chi connectivity index (χ0) is 14.2. The Morgan fingerprint density at radius 1 is 1.35 bits per heavy atom. The van der Waals surface area contributed by atoms with Crippen molar-refractivity contribution in [2.24, 2.45) is 11.7 Å². The summed E-state index contributed by atoms with van der Waals surface area (Å²) < 4.78 is 5.85. The highest BCUT2D eigenvalue weighted by Gasteiger charge is 2.19. The van der Waals surface area contributed by atoms with Crippen LogP contribution in [0.5, 0.6) is 5.75 Å². The van der Waals surface area contributed by atoms with Crippen LogP contribution >= 0.6 is 0 Å². The summed E-state index contributed by atoms with van der Waals surface area (Å²) in [5, 5.41) is 9.03. The SMILES string of the molecule is NCc1ccccc1OCCN1CCCC(CCO)C1. The third-order valence-corrected chi connectivity index (χ3v) is 4.00. The van der Waals surface area contributed by atoms with Crippen molar-refractivity contribution in [3.63, 3.8) is 0 Å². The lowest BCUT2D eigenvalue weighted by Crippen LogP contribution is -2.38. The largest absolute Gasteiger partial charge is 0.492 e. The molecule has 0 radical (unpaired) electrons. The molecule has 1 saturated heterocycles. The molecule has 3 N–H and O–H groups in total. The van der Waals surface area contributed by atoms with Gasteiger partial charge >= 0.3 is 0 Å². The lowest BCUT2D eigenvalue weighted by molar-refractivity contribution is 0.129. The number of benzene rings is 1. The van der Waals surface area contributed by atoms with Crippen LogP contribution in [0, 0.1) is 5.92 Å². The Morgan fingerprint density at radius 2 is 2.20 bits per heavy atom. The zero-order valence-electron chi connectivity index (χ0n) is 12.1. The Hall–Kier alpha value is -1.10. The van der Waals surface area contributed by atoms with E-state index in [1.165, 1.54) is 12.8 Å². The van der Waals surface area contributed by atoms with Crippen molar-refractivity contribution >= 4 is 0 Å². The summed E-state index contributed by atoms with van der Waals surface area (Å²) in [6.07, 6.45) is 3.39. The predicted molar refractivity (Wildman–Crippen MR) is 80.7 cm³/mol. The number of hydrogen-bond acceptors (Lipinski definition) is 4. The molecule has 1 aliphatic rings. The van der Waals surface area contributed by atoms with Crippen molar-refractivity contribution in [1.29, 1.82) is 0 Å². The van der Waals surface area contributed by atoms with Gasteiger partial charge in [0.1, 0.15) is 12.4 Å². The number of ether oxygens (including phenoxy) is 1. The van der Waals surface area contributed by atoms with Crippen molar-refractivity contribution < 1.29 is 9.84 Å². The first-order valence-corrected chi connectivity index (χ1v) is 7.57. The van der Waals surface area contributed by atoms with Crippen LogP contribution in [0.4, 0.5) is 0 Å². The average Bonchev–Trinajstić information content (AvgIpc) is 2.48. The first-order chi connectivity index (χ1) is 9.83. The van der Waals surface area contributed by atoms with Crippen molar-refractivity contribution in [3.05, 3.63) is 29.8 Å². The molecule has 0 spiro atoms. The highest BCUT2D eigenvalue weighted by molar-refractivity contribution is 5.32. The van der Waals surface area contributed by atoms with Gasteiger partial charge in [0.25, 0.3) is 0 Å². The summed E-state index contributed by atoms with van der Waals surface area (Å²) >= 11 is 0. The van der Waals surface area contributed by atoms with Crippen LogP contribution in [-0.4, -0.2) is 42.9 Å². The monoisotopic (exact) mass is 278 g/mol. The van der Waals surface area contributed by atoms with E-state index in [-0.39, 0.29) is 0 Å². The third-order valence-electron chi connectivity index (χ3n) is 4.00. The normalized spacial score (nSPS) is 20.0. The van der Waals surface area contributed by atoms with Crippen molar-refractivity contribution in [2.75, 3.05) is 32.8 Å². The van der Waals surface area contributed by atoms with E-state index in [4.69, 9.17) is 15.6 Å². The molecule has 112 valence electrons. The number of rotatable bonds is 7. The Balaban J connectivity index is 1.75. The summed E-state index contributed by atoms with van der Waals surface area (Å²) in [6, 6.07) is 7.95. The van der Waals surface area contributed by atoms with Crippen LogP contribution in [-0.2, 0) is 6.54 Å². The molecule has 2 rings (SSSR count). The van der Waals surface area contributed by atoms with E-state index < -0.39 is 0 Å². The first-order valence-electron chi connectivity index (χ1n) is 7.57. The van der Waals surface area contributed by atoms with Crippen molar-refractivity contribution in [1.82, 2.24) is 4.90 Å². The van der Waals surface area contributed by atoms with Crippen LogP contribution in [0.2, 0.25) is 0 Å². The van der Waals surface area contributed by atoms with E-state index in [0.29, 0.717) is 25.7 Å². The Kier molecular flexibility index (Phi) is 6.30. The number of aliphatic hydroxyl groups is 1. The van der Waals surface area contributed by atoms with Crippen LogP contribution < -0.4 is 10.5 Å². The van der Waals surface area contributed by atoms with E-state index in [9.17, 15) is 0 Å². The molecule has 4 heteroatoms. The van der Waals surface area contributed by atoms with E-state index in [0.717, 1.165) is 37.4 Å². The Bertz CT molecular complexity index is 396. The molecule has 0 aliphatic carbocycles. The Labute approximate surface area is 121 Å². The van der Waals surface area contributed by atoms with Crippen LogP contribution in [0.1, 0.15) is 24.8 Å². The van der Waals surface area contributed by atoms with Crippen molar-refractivity contribution in [3.8, 4) is 5.75 Å². The lowest BCUT2D eigenvalue weighted by atomic mass is 9.95. The number of para-hydroxylation sites is 1. The molecule has 1 aromatic carbocycles. The van der Waals surface area contributed by atoms with Crippen LogP contribution in [0.25, 0.3) is 0 Å². The van der Waals surface area contributed by atoms with E-state index in [1.54, 1.807) is 0 Å². The standard InChI is InChI=1S/C16H26N2O2/c17-12-15-5-1-2-6-16(15)20-11-9-18-8-3-4-14(13-18)7-10-19/h1-2,5-6,14,19H,3-4,7-13,17H2. The van der Waals surface area contributed by atoms with E-state index >= 15 is 0 Å². The van der Waals surface area contributed by atoms with Gasteiger partial charge in [0.2, 0.25) is 0 Å². The second kappa shape index (κ2) is 8.25. The highest BCUT2D eigenvalue weighted by Crippen LogP contribution is 2.20. The van der Waals surface area contributed by atoms with Gasteiger partial charge in [0.05, 0.1) is 0 Å². The summed E-state index contributed by atoms with van der Waals surface area (Å²) in [6.45, 7) is 4.69. The smallest absolute Gasteiger partial charge is 0.123 e. The molecule has 1 unspecified atom stereocenters. The molecule has 20 heavy (non-hydrogen) atoms. The number of likely N-dealkylation sites (tertiary alicyclic amines) is 1. The minimum Gasteiger partial charge on any atom is -0.492 e. The molecule has 0 saturated carbocycles. The second-order valence-electron chi connectivity index (χ2n) is 5.48. The first kappa shape index (κ1) is 15.3. The van der Waals surface area contributed by atoms with Gasteiger partial charge in [-0.05, 0) is 37.8 Å². The number of hydrogen-bond donors (Lipinski definition) is 2. The summed E-state index contributed by atoms with van der Waals surface area (Å²) in [4.78, 5) is 2.44. The summed E-state index contributed by atoms with van der Waals surface area (Å²) in [5.74, 6) is 1.55. The zero-order valence-corrected chi connectivity index (χ0v) is 12.1. The molecule has 1 aromatic rings. The number of nitrogens with zero attached hydrogens (tertiary/aromatic N) is 1. The summed E-state index contributed by atoms with van der Waals surface area (Å²) in [5.41, 5.74) is 6.76. The minimum absolute atomic E-state index is 0.304. The number of aliphatic hydroxyl groups excluding tert-OH is 1. The van der Waals surface area contributed by atoms with Gasteiger partial charge in [-0.15, -0.1) is 0 Å². The predicted octanol–water partition coefficient (Wildman–Crippen LogP) is 1.62. The molecule has 1 aliphatic heterocycles. The summed E-state index contributed by atoms with van der Waals surface area (Å²) in [7, 11) is 0. The number of nitrogens with two attached hydrogens (primary N) is 1. The minimum atomic E-state index is 0.304. The molecule has 0 aromatic heterocycles. The van der Waals surface area contributed by atoms with E-state index in [2.05, 4.69) is 4.90 Å². The van der Waals surface area contributed by atoms with Crippen molar-refractivity contribution in [2.45, 2.75) is 25.8 Å².